The SMILES string of the molecule is N#C/C(=C\c1ccc(O)c(Br)c1)C(=O)Nc1ccc(SC(F)F)cc1. The molecule has 2 aromatic carbocycles. The van der Waals surface area contributed by atoms with Gasteiger partial charge in [0.2, 0.25) is 0 Å². The molecule has 0 saturated heterocycles. The molecule has 0 aromatic heterocycles. The molecule has 128 valence electrons. The third kappa shape index (κ3) is 5.59. The number of halogens is 3. The number of carbonyl (C=O) groups is 1. The van der Waals surface area contributed by atoms with Gasteiger partial charge in [0.25, 0.3) is 11.7 Å². The molecule has 0 aliphatic heterocycles. The zero-order chi connectivity index (χ0) is 18.4. The summed E-state index contributed by atoms with van der Waals surface area (Å²) in [6.07, 6.45) is 1.38. The number of hydrogen-bond acceptors (Lipinski definition) is 4. The van der Waals surface area contributed by atoms with Crippen molar-refractivity contribution >= 4 is 45.4 Å². The predicted octanol–water partition coefficient (Wildman–Crippen LogP) is 5.02. The third-order valence-corrected chi connectivity index (χ3v) is 4.34. The number of anilines is 1. The molecule has 0 unspecified atom stereocenters. The number of rotatable bonds is 5. The summed E-state index contributed by atoms with van der Waals surface area (Å²) in [5, 5.41) is 21.2. The van der Waals surface area contributed by atoms with Gasteiger partial charge in [0.15, 0.2) is 0 Å². The highest BCUT2D eigenvalue weighted by atomic mass is 79.9. The molecular formula is C17H11BrF2N2O2S. The van der Waals surface area contributed by atoms with E-state index in [0.717, 1.165) is 0 Å². The van der Waals surface area contributed by atoms with Crippen LogP contribution in [0.5, 0.6) is 5.75 Å². The van der Waals surface area contributed by atoms with Crippen molar-refractivity contribution in [1.82, 2.24) is 0 Å². The Morgan fingerprint density at radius 2 is 1.96 bits per heavy atom. The molecule has 0 bridgehead atoms. The molecule has 0 fully saturated rings. The summed E-state index contributed by atoms with van der Waals surface area (Å²) in [5.74, 6) is -3.10. The first-order valence-corrected chi connectivity index (χ1v) is 8.53. The van der Waals surface area contributed by atoms with E-state index < -0.39 is 11.7 Å². The summed E-state index contributed by atoms with van der Waals surface area (Å²) in [4.78, 5) is 12.5. The summed E-state index contributed by atoms with van der Waals surface area (Å²) < 4.78 is 25.0. The number of benzene rings is 2. The van der Waals surface area contributed by atoms with Gasteiger partial charge in [0, 0.05) is 10.6 Å². The van der Waals surface area contributed by atoms with Crippen molar-refractivity contribution in [3.05, 3.63) is 58.1 Å². The van der Waals surface area contributed by atoms with Gasteiger partial charge in [-0.25, -0.2) is 0 Å². The first kappa shape index (κ1) is 19.0. The van der Waals surface area contributed by atoms with Crippen LogP contribution in [0.3, 0.4) is 0 Å². The van der Waals surface area contributed by atoms with E-state index in [-0.39, 0.29) is 11.3 Å². The second-order valence-electron chi connectivity index (χ2n) is 4.74. The van der Waals surface area contributed by atoms with Gasteiger partial charge in [-0.3, -0.25) is 4.79 Å². The summed E-state index contributed by atoms with van der Waals surface area (Å²) in [5.41, 5.74) is 0.806. The maximum Gasteiger partial charge on any atom is 0.288 e. The van der Waals surface area contributed by atoms with E-state index in [1.165, 1.54) is 36.4 Å². The van der Waals surface area contributed by atoms with E-state index in [4.69, 9.17) is 0 Å². The van der Waals surface area contributed by atoms with Crippen molar-refractivity contribution in [2.24, 2.45) is 0 Å². The molecule has 0 aliphatic carbocycles. The fourth-order valence-electron chi connectivity index (χ4n) is 1.85. The number of phenolic OH excluding ortho intramolecular Hbond substituents is 1. The molecule has 0 radical (unpaired) electrons. The first-order chi connectivity index (χ1) is 11.9. The van der Waals surface area contributed by atoms with Gasteiger partial charge in [-0.15, -0.1) is 0 Å². The monoisotopic (exact) mass is 424 g/mol. The summed E-state index contributed by atoms with van der Waals surface area (Å²) in [6, 6.07) is 12.2. The van der Waals surface area contributed by atoms with Gasteiger partial charge in [-0.1, -0.05) is 17.8 Å². The molecule has 25 heavy (non-hydrogen) atoms. The Morgan fingerprint density at radius 1 is 1.28 bits per heavy atom. The molecule has 2 N–H and O–H groups in total. The van der Waals surface area contributed by atoms with Crippen molar-refractivity contribution in [2.75, 3.05) is 5.32 Å². The number of carbonyl (C=O) groups excluding carboxylic acids is 1. The maximum absolute atomic E-state index is 12.3. The molecule has 4 nitrogen and oxygen atoms in total. The molecule has 0 heterocycles. The zero-order valence-electron chi connectivity index (χ0n) is 12.5. The van der Waals surface area contributed by atoms with E-state index in [9.17, 15) is 23.9 Å². The number of alkyl halides is 2. The fraction of sp³-hybridized carbons (Fsp3) is 0.0588. The lowest BCUT2D eigenvalue weighted by Gasteiger charge is -2.06. The fourth-order valence-corrected chi connectivity index (χ4v) is 2.74. The van der Waals surface area contributed by atoms with Crippen molar-refractivity contribution in [3.8, 4) is 11.8 Å². The van der Waals surface area contributed by atoms with E-state index in [1.54, 1.807) is 12.1 Å². The predicted molar refractivity (Wildman–Crippen MR) is 96.3 cm³/mol. The highest BCUT2D eigenvalue weighted by Crippen LogP contribution is 2.27. The Hall–Kier alpha value is -2.37. The lowest BCUT2D eigenvalue weighted by Crippen LogP contribution is -2.13. The molecule has 0 saturated carbocycles. The van der Waals surface area contributed by atoms with Crippen LogP contribution in [-0.2, 0) is 4.79 Å². The number of nitriles is 1. The average Bonchev–Trinajstić information content (AvgIpc) is 2.57. The van der Waals surface area contributed by atoms with Crippen molar-refractivity contribution in [2.45, 2.75) is 10.7 Å². The Kier molecular flexibility index (Phi) is 6.56. The smallest absolute Gasteiger partial charge is 0.288 e. The second kappa shape index (κ2) is 8.65. The van der Waals surface area contributed by atoms with Crippen LogP contribution in [0.25, 0.3) is 6.08 Å². The van der Waals surface area contributed by atoms with Crippen LogP contribution in [0.1, 0.15) is 5.56 Å². The highest BCUT2D eigenvalue weighted by molar-refractivity contribution is 9.10. The summed E-state index contributed by atoms with van der Waals surface area (Å²) in [7, 11) is 0. The minimum absolute atomic E-state index is 0.0434. The van der Waals surface area contributed by atoms with Crippen LogP contribution >= 0.6 is 27.7 Å². The van der Waals surface area contributed by atoms with Crippen molar-refractivity contribution in [1.29, 1.82) is 5.26 Å². The standard InChI is InChI=1S/C17H11BrF2N2O2S/c18-14-8-10(1-6-15(14)23)7-11(9-21)16(24)22-12-2-4-13(5-3-12)25-17(19)20/h1-8,17,23H,(H,22,24)/b11-7+. The van der Waals surface area contributed by atoms with Crippen LogP contribution in [0.2, 0.25) is 0 Å². The van der Waals surface area contributed by atoms with Crippen LogP contribution in [0.15, 0.2) is 57.4 Å². The number of thioether (sulfide) groups is 1. The molecule has 8 heteroatoms. The van der Waals surface area contributed by atoms with Crippen LogP contribution in [0.4, 0.5) is 14.5 Å². The first-order valence-electron chi connectivity index (χ1n) is 6.85. The van der Waals surface area contributed by atoms with E-state index >= 15 is 0 Å². The van der Waals surface area contributed by atoms with E-state index in [2.05, 4.69) is 21.2 Å². The molecule has 0 spiro atoms. The topological polar surface area (TPSA) is 73.1 Å². The minimum atomic E-state index is -2.52. The lowest BCUT2D eigenvalue weighted by molar-refractivity contribution is -0.112. The molecular weight excluding hydrogens is 414 g/mol. The Bertz CT molecular complexity index is 849. The number of amides is 1. The quantitative estimate of drug-likeness (QED) is 0.401. The normalized spacial score (nSPS) is 11.2. The molecule has 0 atom stereocenters. The summed E-state index contributed by atoms with van der Waals surface area (Å²) in [6.45, 7) is 0. The maximum atomic E-state index is 12.3. The zero-order valence-corrected chi connectivity index (χ0v) is 14.9. The number of hydrogen-bond donors (Lipinski definition) is 2. The molecule has 1 amide bonds. The van der Waals surface area contributed by atoms with Crippen molar-refractivity contribution in [3.63, 3.8) is 0 Å². The van der Waals surface area contributed by atoms with Gasteiger partial charge in [-0.05, 0) is 64.0 Å². The number of aromatic hydroxyl groups is 1. The number of nitrogens with zero attached hydrogens (tertiary/aromatic N) is 1. The highest BCUT2D eigenvalue weighted by Gasteiger charge is 2.11. The van der Waals surface area contributed by atoms with Crippen LogP contribution < -0.4 is 5.32 Å². The molecule has 0 aliphatic rings. The van der Waals surface area contributed by atoms with Gasteiger partial charge in [-0.2, -0.15) is 14.0 Å². The average molecular weight is 425 g/mol. The Balaban J connectivity index is 2.13. The van der Waals surface area contributed by atoms with Gasteiger partial charge in [0.05, 0.1) is 4.47 Å². The van der Waals surface area contributed by atoms with E-state index in [1.807, 2.05) is 6.07 Å². The van der Waals surface area contributed by atoms with Gasteiger partial charge < -0.3 is 10.4 Å². The molecule has 2 aromatic rings. The van der Waals surface area contributed by atoms with Gasteiger partial charge >= 0.3 is 0 Å². The largest absolute Gasteiger partial charge is 0.507 e. The number of nitrogens with one attached hydrogen (secondary N) is 1. The van der Waals surface area contributed by atoms with Gasteiger partial charge in [0.1, 0.15) is 17.4 Å². The Labute approximate surface area is 155 Å². The van der Waals surface area contributed by atoms with E-state index in [0.29, 0.717) is 32.4 Å². The lowest BCUT2D eigenvalue weighted by atomic mass is 10.1. The van der Waals surface area contributed by atoms with Crippen molar-refractivity contribution < 1.29 is 18.7 Å². The van der Waals surface area contributed by atoms with Crippen LogP contribution in [-0.4, -0.2) is 16.8 Å². The Morgan fingerprint density at radius 3 is 2.52 bits per heavy atom. The summed E-state index contributed by atoms with van der Waals surface area (Å²) >= 11 is 3.56. The molecule has 2 rings (SSSR count). The third-order valence-electron chi connectivity index (χ3n) is 2.99. The number of phenols is 1. The second-order valence-corrected chi connectivity index (χ2v) is 6.66. The van der Waals surface area contributed by atoms with Crippen LogP contribution in [0, 0.1) is 11.3 Å². The minimum Gasteiger partial charge on any atom is -0.507 e.